The molecule has 0 radical (unpaired) electrons. The van der Waals surface area contributed by atoms with Crippen LogP contribution < -0.4 is 0 Å². The Morgan fingerprint density at radius 1 is 1.29 bits per heavy atom. The molecule has 0 aliphatic carbocycles. The number of carbonyl (C=O) groups excluding carboxylic acids is 2. The molecule has 0 amide bonds. The van der Waals surface area contributed by atoms with E-state index < -0.39 is 23.8 Å². The quantitative estimate of drug-likeness (QED) is 0.659. The van der Waals surface area contributed by atoms with Crippen LogP contribution in [0.2, 0.25) is 5.02 Å². The molecule has 0 saturated heterocycles. The monoisotopic (exact) mass is 256 g/mol. The number of ether oxygens (including phenoxy) is 1. The number of aliphatic hydroxyl groups is 1. The average molecular weight is 257 g/mol. The first-order chi connectivity index (χ1) is 7.97. The minimum atomic E-state index is -1.06. The summed E-state index contributed by atoms with van der Waals surface area (Å²) in [6.45, 7) is 1.47. The van der Waals surface area contributed by atoms with E-state index in [1.54, 1.807) is 24.3 Å². The lowest BCUT2D eigenvalue weighted by atomic mass is 9.94. The van der Waals surface area contributed by atoms with Crippen LogP contribution in [0.4, 0.5) is 0 Å². The number of Topliss-reactive ketones (excluding diaryl/α,β-unsaturated/α-hetero) is 1. The number of benzene rings is 1. The molecule has 1 rings (SSSR count). The molecule has 1 N–H and O–H groups in total. The van der Waals surface area contributed by atoms with Crippen LogP contribution in [0.15, 0.2) is 24.3 Å². The van der Waals surface area contributed by atoms with E-state index in [4.69, 9.17) is 11.6 Å². The Morgan fingerprint density at radius 3 is 2.29 bits per heavy atom. The Balaban J connectivity index is 2.82. The molecular formula is C12H13ClO4. The topological polar surface area (TPSA) is 63.6 Å². The van der Waals surface area contributed by atoms with Gasteiger partial charge in [-0.05, 0) is 17.7 Å². The smallest absolute Gasteiger partial charge is 0.374 e. The van der Waals surface area contributed by atoms with Gasteiger partial charge in [-0.2, -0.15) is 0 Å². The fraction of sp³-hybridized carbons (Fsp3) is 0.333. The molecule has 2 atom stereocenters. The van der Waals surface area contributed by atoms with Crippen molar-refractivity contribution in [2.45, 2.75) is 13.0 Å². The highest BCUT2D eigenvalue weighted by molar-refractivity contribution is 6.34. The number of ketones is 1. The summed E-state index contributed by atoms with van der Waals surface area (Å²) in [4.78, 5) is 22.5. The minimum Gasteiger partial charge on any atom is -0.463 e. The van der Waals surface area contributed by atoms with Crippen LogP contribution in [0.1, 0.15) is 18.6 Å². The number of rotatable bonds is 4. The number of hydrogen-bond donors (Lipinski definition) is 1. The van der Waals surface area contributed by atoms with Crippen LogP contribution >= 0.6 is 11.6 Å². The van der Waals surface area contributed by atoms with Crippen LogP contribution in [0.3, 0.4) is 0 Å². The summed E-state index contributed by atoms with van der Waals surface area (Å²) in [5.41, 5.74) is 0.527. The second-order valence-electron chi connectivity index (χ2n) is 3.64. The molecule has 2 unspecified atom stereocenters. The maximum Gasteiger partial charge on any atom is 0.374 e. The molecule has 0 saturated carbocycles. The molecule has 0 fully saturated rings. The van der Waals surface area contributed by atoms with Gasteiger partial charge in [0.2, 0.25) is 5.78 Å². The van der Waals surface area contributed by atoms with Gasteiger partial charge >= 0.3 is 5.97 Å². The SMILES string of the molecule is COC(=O)C(=O)C(C)C(O)c1ccc(Cl)cc1. The number of esters is 1. The van der Waals surface area contributed by atoms with E-state index in [2.05, 4.69) is 4.74 Å². The van der Waals surface area contributed by atoms with Gasteiger partial charge in [0.05, 0.1) is 19.1 Å². The van der Waals surface area contributed by atoms with Gasteiger partial charge in [-0.3, -0.25) is 4.79 Å². The normalized spacial score (nSPS) is 13.9. The summed E-state index contributed by atoms with van der Waals surface area (Å²) in [7, 11) is 1.13. The third-order valence-corrected chi connectivity index (χ3v) is 2.74. The van der Waals surface area contributed by atoms with Crippen LogP contribution in [0, 0.1) is 5.92 Å². The van der Waals surface area contributed by atoms with Gasteiger partial charge in [-0.1, -0.05) is 30.7 Å². The zero-order chi connectivity index (χ0) is 13.0. The van der Waals surface area contributed by atoms with Crippen molar-refractivity contribution in [3.63, 3.8) is 0 Å². The first-order valence-electron chi connectivity index (χ1n) is 5.03. The van der Waals surface area contributed by atoms with Gasteiger partial charge in [0, 0.05) is 5.02 Å². The fourth-order valence-electron chi connectivity index (χ4n) is 1.38. The number of halogens is 1. The molecule has 92 valence electrons. The molecule has 0 aliphatic heterocycles. The number of carbonyl (C=O) groups is 2. The molecule has 0 heterocycles. The maximum absolute atomic E-state index is 11.5. The van der Waals surface area contributed by atoms with Gasteiger partial charge in [-0.25, -0.2) is 4.79 Å². The Hall–Kier alpha value is -1.39. The minimum absolute atomic E-state index is 0.527. The van der Waals surface area contributed by atoms with Crippen molar-refractivity contribution in [1.29, 1.82) is 0 Å². The summed E-state index contributed by atoms with van der Waals surface area (Å²) in [5.74, 6) is -2.57. The number of methoxy groups -OCH3 is 1. The van der Waals surface area contributed by atoms with Crippen LogP contribution in [-0.4, -0.2) is 24.0 Å². The predicted octanol–water partition coefficient (Wildman–Crippen LogP) is 1.75. The first-order valence-corrected chi connectivity index (χ1v) is 5.41. The molecule has 0 bridgehead atoms. The molecule has 0 aromatic heterocycles. The zero-order valence-corrected chi connectivity index (χ0v) is 10.3. The van der Waals surface area contributed by atoms with E-state index in [-0.39, 0.29) is 0 Å². The van der Waals surface area contributed by atoms with E-state index in [0.717, 1.165) is 7.11 Å². The maximum atomic E-state index is 11.5. The van der Waals surface area contributed by atoms with E-state index in [0.29, 0.717) is 10.6 Å². The van der Waals surface area contributed by atoms with E-state index in [1.807, 2.05) is 0 Å². The van der Waals surface area contributed by atoms with Gasteiger partial charge in [0.15, 0.2) is 0 Å². The first kappa shape index (κ1) is 13.7. The second-order valence-corrected chi connectivity index (χ2v) is 4.08. The summed E-state index contributed by atoms with van der Waals surface area (Å²) in [5, 5.41) is 10.5. The Labute approximate surface area is 104 Å². The largest absolute Gasteiger partial charge is 0.463 e. The summed E-state index contributed by atoms with van der Waals surface area (Å²) in [6, 6.07) is 6.42. The number of hydrogen-bond acceptors (Lipinski definition) is 4. The predicted molar refractivity (Wildman–Crippen MR) is 62.6 cm³/mol. The van der Waals surface area contributed by atoms with E-state index in [9.17, 15) is 14.7 Å². The molecule has 0 aliphatic rings. The summed E-state index contributed by atoms with van der Waals surface area (Å²) >= 11 is 5.71. The second kappa shape index (κ2) is 5.80. The molecular weight excluding hydrogens is 244 g/mol. The van der Waals surface area contributed by atoms with Gasteiger partial charge in [0.1, 0.15) is 0 Å². The highest BCUT2D eigenvalue weighted by atomic mass is 35.5. The van der Waals surface area contributed by atoms with Crippen molar-refractivity contribution < 1.29 is 19.4 Å². The standard InChI is InChI=1S/C12H13ClO4/c1-7(11(15)12(16)17-2)10(14)8-3-5-9(13)6-4-8/h3-7,10,14H,1-2H3. The van der Waals surface area contributed by atoms with E-state index >= 15 is 0 Å². The lowest BCUT2D eigenvalue weighted by Gasteiger charge is -2.16. The van der Waals surface area contributed by atoms with Gasteiger partial charge in [-0.15, -0.1) is 0 Å². The van der Waals surface area contributed by atoms with Crippen molar-refractivity contribution in [3.05, 3.63) is 34.9 Å². The van der Waals surface area contributed by atoms with Crippen molar-refractivity contribution in [2.24, 2.45) is 5.92 Å². The van der Waals surface area contributed by atoms with Crippen molar-refractivity contribution in [3.8, 4) is 0 Å². The van der Waals surface area contributed by atoms with Crippen molar-refractivity contribution in [2.75, 3.05) is 7.11 Å². The fourth-order valence-corrected chi connectivity index (χ4v) is 1.50. The van der Waals surface area contributed by atoms with Crippen molar-refractivity contribution in [1.82, 2.24) is 0 Å². The lowest BCUT2D eigenvalue weighted by molar-refractivity contribution is -0.155. The van der Waals surface area contributed by atoms with Crippen LogP contribution in [0.5, 0.6) is 0 Å². The summed E-state index contributed by atoms with van der Waals surface area (Å²) in [6.07, 6.45) is -1.06. The Kier molecular flexibility index (Phi) is 4.66. The van der Waals surface area contributed by atoms with Gasteiger partial charge in [0.25, 0.3) is 0 Å². The Morgan fingerprint density at radius 2 is 1.82 bits per heavy atom. The third-order valence-electron chi connectivity index (χ3n) is 2.49. The zero-order valence-electron chi connectivity index (χ0n) is 9.51. The van der Waals surface area contributed by atoms with Crippen LogP contribution in [-0.2, 0) is 14.3 Å². The lowest BCUT2D eigenvalue weighted by Crippen LogP contribution is -2.27. The number of aliphatic hydroxyl groups excluding tert-OH is 1. The molecule has 0 spiro atoms. The molecule has 1 aromatic rings. The highest BCUT2D eigenvalue weighted by Gasteiger charge is 2.29. The molecule has 17 heavy (non-hydrogen) atoms. The molecule has 5 heteroatoms. The van der Waals surface area contributed by atoms with Gasteiger partial charge < -0.3 is 9.84 Å². The molecule has 1 aromatic carbocycles. The Bertz CT molecular complexity index is 413. The third kappa shape index (κ3) is 3.28. The summed E-state index contributed by atoms with van der Waals surface area (Å²) < 4.78 is 4.32. The highest BCUT2D eigenvalue weighted by Crippen LogP contribution is 2.24. The van der Waals surface area contributed by atoms with Crippen molar-refractivity contribution >= 4 is 23.4 Å². The molecule has 4 nitrogen and oxygen atoms in total. The van der Waals surface area contributed by atoms with Crippen LogP contribution in [0.25, 0.3) is 0 Å². The van der Waals surface area contributed by atoms with E-state index in [1.165, 1.54) is 6.92 Å². The average Bonchev–Trinajstić information content (AvgIpc) is 2.36.